The van der Waals surface area contributed by atoms with Crippen LogP contribution < -0.4 is 4.74 Å². The molecule has 0 saturated carbocycles. The minimum Gasteiger partial charge on any atom is -0.488 e. The first-order chi connectivity index (χ1) is 11.5. The smallest absolute Gasteiger partial charge is 0.367 e. The van der Waals surface area contributed by atoms with Crippen molar-refractivity contribution in [3.8, 4) is 5.75 Å². The third-order valence-electron chi connectivity index (χ3n) is 3.45. The lowest BCUT2D eigenvalue weighted by Crippen LogP contribution is -2.03. The van der Waals surface area contributed by atoms with Crippen LogP contribution in [0.3, 0.4) is 0 Å². The lowest BCUT2D eigenvalue weighted by Gasteiger charge is -2.10. The summed E-state index contributed by atoms with van der Waals surface area (Å²) in [5, 5.41) is 4.37. The summed E-state index contributed by atoms with van der Waals surface area (Å²) in [7, 11) is 0. The van der Waals surface area contributed by atoms with Crippen molar-refractivity contribution < 1.29 is 14.4 Å². The Hall–Kier alpha value is -2.11. The summed E-state index contributed by atoms with van der Waals surface area (Å²) in [5.74, 6) is 0.198. The average molecular weight is 407 g/mol. The highest BCUT2D eigenvalue weighted by molar-refractivity contribution is 9.10. The molecule has 2 aromatic rings. The van der Waals surface area contributed by atoms with Crippen molar-refractivity contribution in [3.05, 3.63) is 68.7 Å². The zero-order valence-corrected chi connectivity index (χ0v) is 15.1. The summed E-state index contributed by atoms with van der Waals surface area (Å²) in [4.78, 5) is 16.4. The van der Waals surface area contributed by atoms with E-state index in [2.05, 4.69) is 25.9 Å². The van der Waals surface area contributed by atoms with Crippen LogP contribution in [0.25, 0.3) is 6.08 Å². The van der Waals surface area contributed by atoms with Gasteiger partial charge in [0.15, 0.2) is 0 Å². The van der Waals surface area contributed by atoms with Gasteiger partial charge in [-0.15, -0.1) is 0 Å². The summed E-state index contributed by atoms with van der Waals surface area (Å²) in [5.41, 5.74) is 2.73. The summed E-state index contributed by atoms with van der Waals surface area (Å²) >= 11 is 9.32. The molecule has 0 N–H and O–H groups in total. The molecule has 1 aliphatic rings. The van der Waals surface area contributed by atoms with Gasteiger partial charge in [0.05, 0.1) is 11.3 Å². The molecule has 0 aromatic heterocycles. The van der Waals surface area contributed by atoms with E-state index in [0.29, 0.717) is 28.7 Å². The molecule has 3 rings (SSSR count). The van der Waals surface area contributed by atoms with Crippen molar-refractivity contribution in [3.63, 3.8) is 0 Å². The molecule has 0 amide bonds. The molecule has 0 bridgehead atoms. The van der Waals surface area contributed by atoms with Gasteiger partial charge in [0.25, 0.3) is 0 Å². The van der Waals surface area contributed by atoms with Gasteiger partial charge in [-0.3, -0.25) is 0 Å². The van der Waals surface area contributed by atoms with Crippen molar-refractivity contribution >= 4 is 45.3 Å². The van der Waals surface area contributed by atoms with Gasteiger partial charge < -0.3 is 9.57 Å². The highest BCUT2D eigenvalue weighted by Gasteiger charge is 2.22. The number of rotatable bonds is 4. The third-order valence-corrected chi connectivity index (χ3v) is 4.20. The van der Waals surface area contributed by atoms with Crippen LogP contribution in [-0.4, -0.2) is 11.7 Å². The number of benzene rings is 2. The molecular formula is C18H13BrClNO3. The van der Waals surface area contributed by atoms with Gasteiger partial charge in [-0.1, -0.05) is 44.8 Å². The SMILES string of the molecule is CC1=NOC(=O)/C1=C/c1cc(Br)ccc1OCc1ccc(Cl)cc1. The third kappa shape index (κ3) is 3.86. The second-order valence-electron chi connectivity index (χ2n) is 5.21. The van der Waals surface area contributed by atoms with Gasteiger partial charge in [-0.05, 0) is 48.9 Å². The fourth-order valence-electron chi connectivity index (χ4n) is 2.18. The van der Waals surface area contributed by atoms with Crippen molar-refractivity contribution in [2.24, 2.45) is 5.16 Å². The quantitative estimate of drug-likeness (QED) is 0.530. The molecule has 122 valence electrons. The molecule has 0 fully saturated rings. The first-order valence-electron chi connectivity index (χ1n) is 7.18. The van der Waals surface area contributed by atoms with Gasteiger partial charge in [0.1, 0.15) is 12.4 Å². The predicted molar refractivity (Wildman–Crippen MR) is 97.1 cm³/mol. The predicted octanol–water partition coefficient (Wildman–Crippen LogP) is 5.00. The van der Waals surface area contributed by atoms with E-state index in [-0.39, 0.29) is 0 Å². The zero-order chi connectivity index (χ0) is 17.1. The number of halogens is 2. The Morgan fingerprint density at radius 2 is 2.00 bits per heavy atom. The van der Waals surface area contributed by atoms with Crippen molar-refractivity contribution in [2.75, 3.05) is 0 Å². The number of carbonyl (C=O) groups excluding carboxylic acids is 1. The first-order valence-corrected chi connectivity index (χ1v) is 8.35. The molecule has 1 aliphatic heterocycles. The molecular weight excluding hydrogens is 394 g/mol. The van der Waals surface area contributed by atoms with E-state index in [1.165, 1.54) is 0 Å². The van der Waals surface area contributed by atoms with Crippen molar-refractivity contribution in [2.45, 2.75) is 13.5 Å². The Bertz CT molecular complexity index is 844. The van der Waals surface area contributed by atoms with E-state index in [1.807, 2.05) is 42.5 Å². The number of hydrogen-bond donors (Lipinski definition) is 0. The molecule has 0 spiro atoms. The Labute approximate surface area is 152 Å². The number of nitrogens with zero attached hydrogens (tertiary/aromatic N) is 1. The Morgan fingerprint density at radius 1 is 1.25 bits per heavy atom. The summed E-state index contributed by atoms with van der Waals surface area (Å²) in [6.45, 7) is 2.12. The van der Waals surface area contributed by atoms with E-state index in [9.17, 15) is 4.79 Å². The van der Waals surface area contributed by atoms with Gasteiger partial charge in [-0.25, -0.2) is 4.79 Å². The molecule has 0 aliphatic carbocycles. The number of ether oxygens (including phenoxy) is 1. The van der Waals surface area contributed by atoms with Gasteiger partial charge >= 0.3 is 5.97 Å². The summed E-state index contributed by atoms with van der Waals surface area (Å²) < 4.78 is 6.78. The van der Waals surface area contributed by atoms with Crippen LogP contribution in [0.15, 0.2) is 57.7 Å². The van der Waals surface area contributed by atoms with Crippen LogP contribution >= 0.6 is 27.5 Å². The number of carbonyl (C=O) groups is 1. The molecule has 24 heavy (non-hydrogen) atoms. The maximum absolute atomic E-state index is 11.7. The van der Waals surface area contributed by atoms with Crippen LogP contribution in [0.1, 0.15) is 18.1 Å². The fraction of sp³-hybridized carbons (Fsp3) is 0.111. The Kier molecular flexibility index (Phi) is 5.02. The molecule has 4 nitrogen and oxygen atoms in total. The normalized spacial score (nSPS) is 15.4. The van der Waals surface area contributed by atoms with E-state index in [0.717, 1.165) is 15.6 Å². The molecule has 2 aromatic carbocycles. The summed E-state index contributed by atoms with van der Waals surface area (Å²) in [6.07, 6.45) is 1.72. The van der Waals surface area contributed by atoms with Gasteiger partial charge in [0.2, 0.25) is 0 Å². The molecule has 0 atom stereocenters. The van der Waals surface area contributed by atoms with Crippen molar-refractivity contribution in [1.82, 2.24) is 0 Å². The molecule has 0 saturated heterocycles. The number of oxime groups is 1. The van der Waals surface area contributed by atoms with Crippen LogP contribution in [0.5, 0.6) is 5.75 Å². The van der Waals surface area contributed by atoms with E-state index < -0.39 is 5.97 Å². The van der Waals surface area contributed by atoms with Gasteiger partial charge in [0, 0.05) is 15.1 Å². The van der Waals surface area contributed by atoms with Crippen molar-refractivity contribution in [1.29, 1.82) is 0 Å². The van der Waals surface area contributed by atoms with Gasteiger partial charge in [-0.2, -0.15) is 0 Å². The van der Waals surface area contributed by atoms with Crippen LogP contribution in [-0.2, 0) is 16.2 Å². The Morgan fingerprint density at radius 3 is 2.67 bits per heavy atom. The molecule has 0 unspecified atom stereocenters. The van der Waals surface area contributed by atoms with Crippen LogP contribution in [0, 0.1) is 0 Å². The lowest BCUT2D eigenvalue weighted by atomic mass is 10.1. The second-order valence-corrected chi connectivity index (χ2v) is 6.56. The van der Waals surface area contributed by atoms with E-state index in [4.69, 9.17) is 16.3 Å². The largest absolute Gasteiger partial charge is 0.488 e. The standard InChI is InChI=1S/C18H13BrClNO3/c1-11-16(18(22)24-21-11)9-13-8-14(19)4-7-17(13)23-10-12-2-5-15(20)6-3-12/h2-9H,10H2,1H3/b16-9+. The minimum absolute atomic E-state index is 0.395. The lowest BCUT2D eigenvalue weighted by molar-refractivity contribution is -0.136. The minimum atomic E-state index is -0.462. The first kappa shape index (κ1) is 16.7. The highest BCUT2D eigenvalue weighted by atomic mass is 79.9. The second kappa shape index (κ2) is 7.20. The topological polar surface area (TPSA) is 47.9 Å². The molecule has 0 radical (unpaired) electrons. The van der Waals surface area contributed by atoms with Crippen LogP contribution in [0.2, 0.25) is 5.02 Å². The number of hydrogen-bond acceptors (Lipinski definition) is 4. The Balaban J connectivity index is 1.86. The highest BCUT2D eigenvalue weighted by Crippen LogP contribution is 2.28. The fourth-order valence-corrected chi connectivity index (χ4v) is 2.68. The maximum Gasteiger partial charge on any atom is 0.367 e. The zero-order valence-electron chi connectivity index (χ0n) is 12.8. The maximum atomic E-state index is 11.7. The van der Waals surface area contributed by atoms with E-state index >= 15 is 0 Å². The molecule has 6 heteroatoms. The monoisotopic (exact) mass is 405 g/mol. The molecule has 1 heterocycles. The summed E-state index contributed by atoms with van der Waals surface area (Å²) in [6, 6.07) is 13.1. The average Bonchev–Trinajstić information content (AvgIpc) is 2.88. The van der Waals surface area contributed by atoms with E-state index in [1.54, 1.807) is 13.0 Å². The van der Waals surface area contributed by atoms with Crippen LogP contribution in [0.4, 0.5) is 0 Å².